The average molecular weight is 453 g/mol. The molecule has 0 saturated carbocycles. The van der Waals surface area contributed by atoms with Crippen molar-refractivity contribution < 1.29 is 0 Å². The number of nitrogens with one attached hydrogen (secondary N) is 2. The molecule has 0 aliphatic rings. The van der Waals surface area contributed by atoms with Crippen LogP contribution in [0.15, 0.2) is 97.3 Å². The van der Waals surface area contributed by atoms with Gasteiger partial charge in [-0.25, -0.2) is 9.97 Å². The first-order valence-corrected chi connectivity index (χ1v) is 11.4. The largest absolute Gasteiger partial charge is 0.378 e. The third kappa shape index (κ3) is 5.64. The normalized spacial score (nSPS) is 12.5. The first-order valence-electron chi connectivity index (χ1n) is 11.4. The summed E-state index contributed by atoms with van der Waals surface area (Å²) in [4.78, 5) is 13.4. The number of rotatable bonds is 9. The van der Waals surface area contributed by atoms with Crippen LogP contribution in [0.2, 0.25) is 0 Å². The van der Waals surface area contributed by atoms with Crippen molar-refractivity contribution in [1.82, 2.24) is 9.97 Å². The predicted octanol–water partition coefficient (Wildman–Crippen LogP) is 5.62. The van der Waals surface area contributed by atoms with E-state index in [9.17, 15) is 0 Å². The maximum Gasteiger partial charge on any atom is 0.128 e. The molecule has 2 aromatic heterocycles. The molecule has 2 heterocycles. The van der Waals surface area contributed by atoms with Gasteiger partial charge in [-0.05, 0) is 23.3 Å². The summed E-state index contributed by atoms with van der Waals surface area (Å²) < 4.78 is 0. The molecule has 0 aliphatic carbocycles. The van der Waals surface area contributed by atoms with E-state index in [2.05, 4.69) is 91.1 Å². The van der Waals surface area contributed by atoms with Crippen molar-refractivity contribution >= 4 is 23.0 Å². The molecule has 6 heteroatoms. The Morgan fingerprint density at radius 1 is 0.559 bits per heavy atom. The predicted molar refractivity (Wildman–Crippen MR) is 143 cm³/mol. The van der Waals surface area contributed by atoms with E-state index in [0.29, 0.717) is 0 Å². The summed E-state index contributed by atoms with van der Waals surface area (Å²) in [5.74, 6) is 1.63. The second-order valence-corrected chi connectivity index (χ2v) is 8.65. The average Bonchev–Trinajstić information content (AvgIpc) is 2.87. The zero-order valence-corrected chi connectivity index (χ0v) is 20.2. The highest BCUT2D eigenvalue weighted by molar-refractivity contribution is 5.56. The molecule has 4 rings (SSSR count). The molecule has 2 atom stereocenters. The van der Waals surface area contributed by atoms with E-state index < -0.39 is 0 Å². The van der Waals surface area contributed by atoms with Crippen molar-refractivity contribution in [3.63, 3.8) is 0 Å². The first kappa shape index (κ1) is 23.1. The SMILES string of the molecule is CN(C)c1ccnc(N[C@H](c2ccccc2)[C@H](Nc2cc(N(C)C)ccn2)c2ccccc2)c1. The molecule has 0 aliphatic heterocycles. The summed E-state index contributed by atoms with van der Waals surface area (Å²) in [5, 5.41) is 7.42. The molecule has 0 fully saturated rings. The van der Waals surface area contributed by atoms with Crippen LogP contribution in [0.1, 0.15) is 23.2 Å². The number of anilines is 4. The molecule has 0 unspecified atom stereocenters. The minimum absolute atomic E-state index is 0.0988. The van der Waals surface area contributed by atoms with Gasteiger partial charge in [0.15, 0.2) is 0 Å². The van der Waals surface area contributed by atoms with Gasteiger partial charge in [0, 0.05) is 64.1 Å². The van der Waals surface area contributed by atoms with E-state index in [-0.39, 0.29) is 12.1 Å². The van der Waals surface area contributed by atoms with Crippen LogP contribution in [0.3, 0.4) is 0 Å². The fourth-order valence-electron chi connectivity index (χ4n) is 3.91. The summed E-state index contributed by atoms with van der Waals surface area (Å²) in [6.07, 6.45) is 3.68. The molecule has 2 N–H and O–H groups in total. The second kappa shape index (κ2) is 10.7. The zero-order chi connectivity index (χ0) is 23.9. The van der Waals surface area contributed by atoms with Gasteiger partial charge >= 0.3 is 0 Å². The highest BCUT2D eigenvalue weighted by Crippen LogP contribution is 2.35. The van der Waals surface area contributed by atoms with Crippen LogP contribution in [-0.4, -0.2) is 38.2 Å². The molecular weight excluding hydrogens is 420 g/mol. The smallest absolute Gasteiger partial charge is 0.128 e. The van der Waals surface area contributed by atoms with Gasteiger partial charge in [0.2, 0.25) is 0 Å². The monoisotopic (exact) mass is 452 g/mol. The molecule has 0 amide bonds. The highest BCUT2D eigenvalue weighted by Gasteiger charge is 2.26. The zero-order valence-electron chi connectivity index (χ0n) is 20.2. The quantitative estimate of drug-likeness (QED) is 0.344. The maximum atomic E-state index is 4.62. The molecule has 0 radical (unpaired) electrons. The number of nitrogens with zero attached hydrogens (tertiary/aromatic N) is 4. The van der Waals surface area contributed by atoms with Crippen LogP contribution in [0.4, 0.5) is 23.0 Å². The fourth-order valence-corrected chi connectivity index (χ4v) is 3.91. The lowest BCUT2D eigenvalue weighted by Crippen LogP contribution is -2.26. The van der Waals surface area contributed by atoms with Crippen molar-refractivity contribution in [2.24, 2.45) is 0 Å². The van der Waals surface area contributed by atoms with E-state index in [4.69, 9.17) is 0 Å². The highest BCUT2D eigenvalue weighted by atomic mass is 15.1. The minimum atomic E-state index is -0.0988. The van der Waals surface area contributed by atoms with E-state index in [1.807, 2.05) is 64.8 Å². The Kier molecular flexibility index (Phi) is 7.28. The Morgan fingerprint density at radius 3 is 1.29 bits per heavy atom. The van der Waals surface area contributed by atoms with Crippen LogP contribution in [-0.2, 0) is 0 Å². The molecule has 0 saturated heterocycles. The standard InChI is InChI=1S/C28H32N6/c1-33(2)23-15-17-29-25(19-23)31-27(21-11-7-5-8-12-21)28(22-13-9-6-10-14-22)32-26-20-24(34(3)4)16-18-30-26/h5-20,27-28H,1-4H3,(H,29,31)(H,30,32)/t27-,28-/m1/s1. The van der Waals surface area contributed by atoms with Crippen LogP contribution >= 0.6 is 0 Å². The van der Waals surface area contributed by atoms with Crippen molar-refractivity contribution in [2.75, 3.05) is 48.6 Å². The Bertz CT molecular complexity index is 1080. The first-order chi connectivity index (χ1) is 16.5. The Morgan fingerprint density at radius 2 is 0.941 bits per heavy atom. The van der Waals surface area contributed by atoms with Gasteiger partial charge in [-0.1, -0.05) is 60.7 Å². The number of hydrogen-bond donors (Lipinski definition) is 2. The Labute approximate surface area is 202 Å². The number of pyridine rings is 2. The maximum absolute atomic E-state index is 4.62. The third-order valence-electron chi connectivity index (χ3n) is 5.78. The number of aromatic nitrogens is 2. The third-order valence-corrected chi connectivity index (χ3v) is 5.78. The van der Waals surface area contributed by atoms with Gasteiger partial charge in [-0.3, -0.25) is 0 Å². The topological polar surface area (TPSA) is 56.3 Å². The molecule has 6 nitrogen and oxygen atoms in total. The Balaban J connectivity index is 1.77. The minimum Gasteiger partial charge on any atom is -0.378 e. The van der Waals surface area contributed by atoms with E-state index in [1.54, 1.807) is 0 Å². The van der Waals surface area contributed by atoms with Gasteiger partial charge in [0.1, 0.15) is 11.6 Å². The molecule has 174 valence electrons. The molecular formula is C28H32N6. The number of hydrogen-bond acceptors (Lipinski definition) is 6. The lowest BCUT2D eigenvalue weighted by Gasteiger charge is -2.31. The van der Waals surface area contributed by atoms with Gasteiger partial charge in [0.25, 0.3) is 0 Å². The van der Waals surface area contributed by atoms with Crippen LogP contribution in [0.25, 0.3) is 0 Å². The van der Waals surface area contributed by atoms with Crippen LogP contribution < -0.4 is 20.4 Å². The van der Waals surface area contributed by atoms with Crippen molar-refractivity contribution in [3.05, 3.63) is 108 Å². The number of benzene rings is 2. The van der Waals surface area contributed by atoms with Crippen molar-refractivity contribution in [1.29, 1.82) is 0 Å². The van der Waals surface area contributed by atoms with Crippen molar-refractivity contribution in [2.45, 2.75) is 12.1 Å². The van der Waals surface area contributed by atoms with Crippen LogP contribution in [0.5, 0.6) is 0 Å². The molecule has 0 bridgehead atoms. The molecule has 2 aromatic carbocycles. The van der Waals surface area contributed by atoms with Gasteiger partial charge in [-0.2, -0.15) is 0 Å². The van der Waals surface area contributed by atoms with E-state index in [1.165, 1.54) is 0 Å². The van der Waals surface area contributed by atoms with E-state index in [0.717, 1.165) is 34.1 Å². The van der Waals surface area contributed by atoms with Crippen molar-refractivity contribution in [3.8, 4) is 0 Å². The second-order valence-electron chi connectivity index (χ2n) is 8.65. The fraction of sp³-hybridized carbons (Fsp3) is 0.214. The molecule has 4 aromatic rings. The van der Waals surface area contributed by atoms with Gasteiger partial charge in [-0.15, -0.1) is 0 Å². The summed E-state index contributed by atoms with van der Waals surface area (Å²) in [6.45, 7) is 0. The summed E-state index contributed by atoms with van der Waals surface area (Å²) in [6, 6.07) is 28.9. The lowest BCUT2D eigenvalue weighted by atomic mass is 9.93. The van der Waals surface area contributed by atoms with Gasteiger partial charge < -0.3 is 20.4 Å². The van der Waals surface area contributed by atoms with Gasteiger partial charge in [0.05, 0.1) is 12.1 Å². The summed E-state index contributed by atoms with van der Waals surface area (Å²) in [7, 11) is 8.13. The molecule has 0 spiro atoms. The lowest BCUT2D eigenvalue weighted by molar-refractivity contribution is 0.644. The van der Waals surface area contributed by atoms with Crippen LogP contribution in [0, 0.1) is 0 Å². The Hall–Kier alpha value is -4.06. The van der Waals surface area contributed by atoms with E-state index >= 15 is 0 Å². The summed E-state index contributed by atoms with van der Waals surface area (Å²) >= 11 is 0. The summed E-state index contributed by atoms with van der Waals surface area (Å²) in [5.41, 5.74) is 4.50. The molecule has 34 heavy (non-hydrogen) atoms.